The van der Waals surface area contributed by atoms with Crippen LogP contribution >= 0.6 is 0 Å². The maximum absolute atomic E-state index is 11.4. The number of aliphatic carboxylic acids is 1. The average Bonchev–Trinajstić information content (AvgIpc) is 2.01. The summed E-state index contributed by atoms with van der Waals surface area (Å²) in [6.45, 7) is 3.54. The van der Waals surface area contributed by atoms with Crippen LogP contribution in [0, 0.1) is 13.8 Å². The number of aromatic amines is 1. The average molecular weight is 193 g/mol. The molecule has 4 heteroatoms. The number of aromatic nitrogens is 1. The maximum atomic E-state index is 11.4. The lowest BCUT2D eigenvalue weighted by atomic mass is 10.1. The van der Waals surface area contributed by atoms with Crippen LogP contribution in [0.25, 0.3) is 6.08 Å². The Bertz CT molecular complexity index is 443. The highest BCUT2D eigenvalue weighted by molar-refractivity contribution is 5.85. The topological polar surface area (TPSA) is 70.2 Å². The summed E-state index contributed by atoms with van der Waals surface area (Å²) in [5, 5.41) is 8.41. The van der Waals surface area contributed by atoms with Crippen molar-refractivity contribution in [3.63, 3.8) is 0 Å². The summed E-state index contributed by atoms with van der Waals surface area (Å²) in [7, 11) is 0. The number of carbonyl (C=O) groups is 1. The molecule has 0 bridgehead atoms. The first kappa shape index (κ1) is 10.2. The number of aryl methyl sites for hydroxylation is 2. The Hall–Kier alpha value is -1.84. The number of pyridine rings is 1. The largest absolute Gasteiger partial charge is 0.478 e. The van der Waals surface area contributed by atoms with Crippen LogP contribution < -0.4 is 5.56 Å². The molecule has 0 radical (unpaired) electrons. The normalized spacial score (nSPS) is 10.7. The number of carboxylic acids is 1. The van der Waals surface area contributed by atoms with Crippen LogP contribution in [-0.4, -0.2) is 16.1 Å². The van der Waals surface area contributed by atoms with E-state index in [2.05, 4.69) is 4.98 Å². The SMILES string of the molecule is Cc1cc(C)c(/C=C/C(=O)O)c(=O)[nH]1. The van der Waals surface area contributed by atoms with Crippen molar-refractivity contribution in [2.45, 2.75) is 13.8 Å². The second kappa shape index (κ2) is 3.91. The van der Waals surface area contributed by atoms with Crippen molar-refractivity contribution in [2.75, 3.05) is 0 Å². The zero-order valence-electron chi connectivity index (χ0n) is 8.00. The van der Waals surface area contributed by atoms with Crippen molar-refractivity contribution in [1.82, 2.24) is 4.98 Å². The molecule has 2 N–H and O–H groups in total. The third-order valence-electron chi connectivity index (χ3n) is 1.81. The van der Waals surface area contributed by atoms with Gasteiger partial charge < -0.3 is 10.1 Å². The van der Waals surface area contributed by atoms with Crippen LogP contribution in [0.3, 0.4) is 0 Å². The number of hydrogen-bond acceptors (Lipinski definition) is 2. The number of hydrogen-bond donors (Lipinski definition) is 2. The lowest BCUT2D eigenvalue weighted by molar-refractivity contribution is -0.131. The Kier molecular flexibility index (Phi) is 2.86. The zero-order chi connectivity index (χ0) is 10.7. The lowest BCUT2D eigenvalue weighted by Crippen LogP contribution is -2.12. The molecule has 0 aliphatic carbocycles. The van der Waals surface area contributed by atoms with E-state index in [9.17, 15) is 9.59 Å². The number of H-pyrrole nitrogens is 1. The van der Waals surface area contributed by atoms with Crippen LogP contribution in [0.4, 0.5) is 0 Å². The summed E-state index contributed by atoms with van der Waals surface area (Å²) in [5.41, 5.74) is 1.65. The summed E-state index contributed by atoms with van der Waals surface area (Å²) in [4.78, 5) is 24.2. The fourth-order valence-corrected chi connectivity index (χ4v) is 1.23. The molecule has 0 atom stereocenters. The van der Waals surface area contributed by atoms with Crippen molar-refractivity contribution in [3.05, 3.63) is 39.3 Å². The van der Waals surface area contributed by atoms with Gasteiger partial charge in [-0.2, -0.15) is 0 Å². The molecule has 0 unspecified atom stereocenters. The van der Waals surface area contributed by atoms with Crippen molar-refractivity contribution >= 4 is 12.0 Å². The van der Waals surface area contributed by atoms with Crippen molar-refractivity contribution in [3.8, 4) is 0 Å². The van der Waals surface area contributed by atoms with Gasteiger partial charge in [0.2, 0.25) is 0 Å². The summed E-state index contributed by atoms with van der Waals surface area (Å²) >= 11 is 0. The van der Waals surface area contributed by atoms with Gasteiger partial charge in [-0.05, 0) is 31.6 Å². The first-order chi connectivity index (χ1) is 6.50. The maximum Gasteiger partial charge on any atom is 0.328 e. The molecule has 0 spiro atoms. The van der Waals surface area contributed by atoms with Crippen LogP contribution in [0.2, 0.25) is 0 Å². The van der Waals surface area contributed by atoms with E-state index >= 15 is 0 Å². The predicted octanol–water partition coefficient (Wildman–Crippen LogP) is 1.09. The molecule has 0 saturated carbocycles. The smallest absolute Gasteiger partial charge is 0.328 e. The molecule has 1 rings (SSSR count). The fourth-order valence-electron chi connectivity index (χ4n) is 1.23. The monoisotopic (exact) mass is 193 g/mol. The van der Waals surface area contributed by atoms with Crippen LogP contribution in [-0.2, 0) is 4.79 Å². The Labute approximate surface area is 80.9 Å². The van der Waals surface area contributed by atoms with E-state index in [0.717, 1.165) is 17.3 Å². The van der Waals surface area contributed by atoms with Crippen LogP contribution in [0.15, 0.2) is 16.9 Å². The molecule has 74 valence electrons. The first-order valence-electron chi connectivity index (χ1n) is 4.12. The van der Waals surface area contributed by atoms with Crippen LogP contribution in [0.5, 0.6) is 0 Å². The molecule has 1 heterocycles. The van der Waals surface area contributed by atoms with Gasteiger partial charge in [0.05, 0.1) is 0 Å². The minimum absolute atomic E-state index is 0.264. The molecule has 0 aromatic carbocycles. The Morgan fingerprint density at radius 1 is 1.50 bits per heavy atom. The minimum atomic E-state index is -1.07. The van der Waals surface area contributed by atoms with Crippen molar-refractivity contribution in [2.24, 2.45) is 0 Å². The van der Waals surface area contributed by atoms with Gasteiger partial charge in [0.15, 0.2) is 0 Å². The molecular weight excluding hydrogens is 182 g/mol. The molecular formula is C10H11NO3. The second-order valence-electron chi connectivity index (χ2n) is 3.05. The quantitative estimate of drug-likeness (QED) is 0.690. The number of rotatable bonds is 2. The Morgan fingerprint density at radius 2 is 2.14 bits per heavy atom. The van der Waals surface area contributed by atoms with Gasteiger partial charge in [-0.25, -0.2) is 4.79 Å². The Balaban J connectivity index is 3.22. The summed E-state index contributed by atoms with van der Waals surface area (Å²) < 4.78 is 0. The van der Waals surface area contributed by atoms with Gasteiger partial charge in [-0.3, -0.25) is 4.79 Å². The van der Waals surface area contributed by atoms with E-state index < -0.39 is 5.97 Å². The third-order valence-corrected chi connectivity index (χ3v) is 1.81. The molecule has 1 aromatic heterocycles. The molecule has 0 aliphatic rings. The number of nitrogens with one attached hydrogen (secondary N) is 1. The Morgan fingerprint density at radius 3 is 2.64 bits per heavy atom. The van der Waals surface area contributed by atoms with Gasteiger partial charge in [-0.1, -0.05) is 0 Å². The standard InChI is InChI=1S/C10H11NO3/c1-6-5-7(2)11-10(14)8(6)3-4-9(12)13/h3-5H,1-2H3,(H,11,14)(H,12,13)/b4-3+. The van der Waals surface area contributed by atoms with E-state index in [4.69, 9.17) is 5.11 Å². The minimum Gasteiger partial charge on any atom is -0.478 e. The molecule has 14 heavy (non-hydrogen) atoms. The van der Waals surface area contributed by atoms with E-state index in [1.54, 1.807) is 19.9 Å². The van der Waals surface area contributed by atoms with Gasteiger partial charge >= 0.3 is 5.97 Å². The predicted molar refractivity (Wildman–Crippen MR) is 53.2 cm³/mol. The van der Waals surface area contributed by atoms with E-state index in [1.165, 1.54) is 6.08 Å². The third kappa shape index (κ3) is 2.32. The van der Waals surface area contributed by atoms with Crippen LogP contribution in [0.1, 0.15) is 16.8 Å². The summed E-state index contributed by atoms with van der Waals surface area (Å²) in [6.07, 6.45) is 2.25. The summed E-state index contributed by atoms with van der Waals surface area (Å²) in [5.74, 6) is -1.07. The van der Waals surface area contributed by atoms with Gasteiger partial charge in [0, 0.05) is 17.3 Å². The highest BCUT2D eigenvalue weighted by atomic mass is 16.4. The fraction of sp³-hybridized carbons (Fsp3) is 0.200. The van der Waals surface area contributed by atoms with E-state index in [1.807, 2.05) is 0 Å². The molecule has 0 fully saturated rings. The molecule has 4 nitrogen and oxygen atoms in total. The van der Waals surface area contributed by atoms with Gasteiger partial charge in [0.1, 0.15) is 0 Å². The van der Waals surface area contributed by atoms with Crippen molar-refractivity contribution in [1.29, 1.82) is 0 Å². The van der Waals surface area contributed by atoms with E-state index in [0.29, 0.717) is 5.56 Å². The first-order valence-corrected chi connectivity index (χ1v) is 4.12. The summed E-state index contributed by atoms with van der Waals surface area (Å²) in [6, 6.07) is 1.79. The highest BCUT2D eigenvalue weighted by Gasteiger charge is 2.01. The molecule has 1 aromatic rings. The molecule has 0 aliphatic heterocycles. The van der Waals surface area contributed by atoms with E-state index in [-0.39, 0.29) is 5.56 Å². The zero-order valence-corrected chi connectivity index (χ0v) is 8.00. The molecule has 0 amide bonds. The van der Waals surface area contributed by atoms with Gasteiger partial charge in [-0.15, -0.1) is 0 Å². The second-order valence-corrected chi connectivity index (χ2v) is 3.05. The van der Waals surface area contributed by atoms with Gasteiger partial charge in [0.25, 0.3) is 5.56 Å². The number of carboxylic acid groups (broad SMARTS) is 1. The van der Waals surface area contributed by atoms with Crippen molar-refractivity contribution < 1.29 is 9.90 Å². The highest BCUT2D eigenvalue weighted by Crippen LogP contribution is 2.04. The molecule has 0 saturated heterocycles. The lowest BCUT2D eigenvalue weighted by Gasteiger charge is -2.00.